The van der Waals surface area contributed by atoms with E-state index in [4.69, 9.17) is 17.0 Å². The highest BCUT2D eigenvalue weighted by molar-refractivity contribution is 7.80. The Balaban J connectivity index is 1.99. The summed E-state index contributed by atoms with van der Waals surface area (Å²) < 4.78 is 4.76. The third-order valence-electron chi connectivity index (χ3n) is 4.10. The Kier molecular flexibility index (Phi) is 6.19. The molecule has 0 spiro atoms. The molecule has 2 N–H and O–H groups in total. The minimum absolute atomic E-state index is 0.342. The molecule has 0 bridgehead atoms. The lowest BCUT2D eigenvalue weighted by Gasteiger charge is -2.20. The molecule has 2 rings (SSSR count). The molecule has 0 atom stereocenters. The summed E-state index contributed by atoms with van der Waals surface area (Å²) in [5.41, 5.74) is 2.40. The van der Waals surface area contributed by atoms with Crippen LogP contribution in [0.2, 0.25) is 0 Å². The zero-order valence-corrected chi connectivity index (χ0v) is 14.1. The number of esters is 1. The molecule has 0 unspecified atom stereocenters. The van der Waals surface area contributed by atoms with Crippen molar-refractivity contribution in [1.82, 2.24) is 5.32 Å². The third-order valence-corrected chi connectivity index (χ3v) is 4.32. The lowest BCUT2D eigenvalue weighted by molar-refractivity contribution is 0.0601. The first kappa shape index (κ1) is 16.7. The number of nitrogens with one attached hydrogen (secondary N) is 2. The molecule has 0 amide bonds. The van der Waals surface area contributed by atoms with E-state index in [1.165, 1.54) is 45.6 Å². The monoisotopic (exact) mass is 320 g/mol. The smallest absolute Gasteiger partial charge is 0.337 e. The van der Waals surface area contributed by atoms with Crippen LogP contribution in [0.5, 0.6) is 0 Å². The molecule has 1 aliphatic rings. The lowest BCUT2D eigenvalue weighted by atomic mass is 10.1. The summed E-state index contributed by atoms with van der Waals surface area (Å²) in [7, 11) is 1.38. The minimum Gasteiger partial charge on any atom is -0.465 e. The Morgan fingerprint density at radius 2 is 1.91 bits per heavy atom. The molecule has 1 aromatic rings. The van der Waals surface area contributed by atoms with E-state index < -0.39 is 0 Å². The van der Waals surface area contributed by atoms with Gasteiger partial charge in [-0.3, -0.25) is 0 Å². The number of thiocarbonyl (C=S) groups is 1. The van der Waals surface area contributed by atoms with Gasteiger partial charge in [0.05, 0.1) is 12.7 Å². The number of carbonyl (C=O) groups is 1. The number of benzene rings is 1. The fourth-order valence-electron chi connectivity index (χ4n) is 2.77. The summed E-state index contributed by atoms with van der Waals surface area (Å²) in [4.78, 5) is 11.6. The second-order valence-corrected chi connectivity index (χ2v) is 6.22. The maximum absolute atomic E-state index is 11.6. The molecule has 120 valence electrons. The first-order chi connectivity index (χ1) is 10.6. The number of hydrogen-bond acceptors (Lipinski definition) is 3. The standard InChI is InChI=1S/C17H24N2O2S/c1-12-9-10-13(16(20)21-2)11-15(12)19-17(22)18-14-7-5-3-4-6-8-14/h9-11,14H,3-8H2,1-2H3,(H2,18,19,22). The molecule has 22 heavy (non-hydrogen) atoms. The van der Waals surface area contributed by atoms with Gasteiger partial charge in [0.15, 0.2) is 5.11 Å². The highest BCUT2D eigenvalue weighted by Crippen LogP contribution is 2.19. The lowest BCUT2D eigenvalue weighted by Crippen LogP contribution is -2.37. The predicted molar refractivity (Wildman–Crippen MR) is 93.4 cm³/mol. The summed E-state index contributed by atoms with van der Waals surface area (Å²) >= 11 is 5.42. The van der Waals surface area contributed by atoms with Crippen LogP contribution in [0.1, 0.15) is 54.4 Å². The Bertz CT molecular complexity index is 537. The zero-order chi connectivity index (χ0) is 15.9. The van der Waals surface area contributed by atoms with Crippen molar-refractivity contribution in [2.24, 2.45) is 0 Å². The van der Waals surface area contributed by atoms with Crippen molar-refractivity contribution in [2.75, 3.05) is 12.4 Å². The van der Waals surface area contributed by atoms with E-state index in [0.29, 0.717) is 16.7 Å². The first-order valence-corrected chi connectivity index (χ1v) is 8.27. The molecular formula is C17H24N2O2S. The number of methoxy groups -OCH3 is 1. The van der Waals surface area contributed by atoms with Crippen LogP contribution in [0.15, 0.2) is 18.2 Å². The molecule has 1 fully saturated rings. The summed E-state index contributed by atoms with van der Waals surface area (Å²) in [6.07, 6.45) is 7.50. The van der Waals surface area contributed by atoms with Gasteiger partial charge in [0.1, 0.15) is 0 Å². The van der Waals surface area contributed by atoms with E-state index in [9.17, 15) is 4.79 Å². The van der Waals surface area contributed by atoms with Crippen LogP contribution in [-0.4, -0.2) is 24.2 Å². The van der Waals surface area contributed by atoms with E-state index in [-0.39, 0.29) is 5.97 Å². The second-order valence-electron chi connectivity index (χ2n) is 5.81. The average Bonchev–Trinajstić information content (AvgIpc) is 2.77. The van der Waals surface area contributed by atoms with E-state index in [2.05, 4.69) is 10.6 Å². The summed E-state index contributed by atoms with van der Waals surface area (Å²) in [6.45, 7) is 1.98. The molecule has 0 aliphatic heterocycles. The van der Waals surface area contributed by atoms with Gasteiger partial charge in [-0.2, -0.15) is 0 Å². The topological polar surface area (TPSA) is 50.4 Å². The fourth-order valence-corrected chi connectivity index (χ4v) is 3.05. The van der Waals surface area contributed by atoms with Gasteiger partial charge < -0.3 is 15.4 Å². The van der Waals surface area contributed by atoms with Gasteiger partial charge in [0.2, 0.25) is 0 Å². The van der Waals surface area contributed by atoms with Crippen molar-refractivity contribution in [3.63, 3.8) is 0 Å². The number of ether oxygens (including phenoxy) is 1. The summed E-state index contributed by atoms with van der Waals surface area (Å²) in [5.74, 6) is -0.342. The van der Waals surface area contributed by atoms with Gasteiger partial charge in [0.25, 0.3) is 0 Å². The fraction of sp³-hybridized carbons (Fsp3) is 0.529. The highest BCUT2D eigenvalue weighted by atomic mass is 32.1. The van der Waals surface area contributed by atoms with Crippen LogP contribution in [0, 0.1) is 6.92 Å². The molecule has 4 nitrogen and oxygen atoms in total. The van der Waals surface area contributed by atoms with E-state index in [1.807, 2.05) is 13.0 Å². The van der Waals surface area contributed by atoms with Gasteiger partial charge >= 0.3 is 5.97 Å². The largest absolute Gasteiger partial charge is 0.465 e. The van der Waals surface area contributed by atoms with Gasteiger partial charge in [-0.1, -0.05) is 31.7 Å². The van der Waals surface area contributed by atoms with Gasteiger partial charge in [-0.25, -0.2) is 4.79 Å². The maximum atomic E-state index is 11.6. The molecule has 0 saturated heterocycles. The van der Waals surface area contributed by atoms with E-state index in [1.54, 1.807) is 12.1 Å². The molecular weight excluding hydrogens is 296 g/mol. The Morgan fingerprint density at radius 3 is 2.55 bits per heavy atom. The normalized spacial score (nSPS) is 15.7. The minimum atomic E-state index is -0.342. The summed E-state index contributed by atoms with van der Waals surface area (Å²) in [6, 6.07) is 5.88. The quantitative estimate of drug-likeness (QED) is 0.504. The van der Waals surface area contributed by atoms with Gasteiger partial charge in [-0.15, -0.1) is 0 Å². The van der Waals surface area contributed by atoms with Gasteiger partial charge in [-0.05, 0) is 49.7 Å². The number of rotatable bonds is 3. The number of anilines is 1. The molecule has 0 heterocycles. The van der Waals surface area contributed by atoms with E-state index >= 15 is 0 Å². The highest BCUT2D eigenvalue weighted by Gasteiger charge is 2.14. The molecule has 1 aliphatic carbocycles. The molecule has 1 aromatic carbocycles. The van der Waals surface area contributed by atoms with Gasteiger partial charge in [0, 0.05) is 11.7 Å². The molecule has 0 radical (unpaired) electrons. The maximum Gasteiger partial charge on any atom is 0.337 e. The molecule has 0 aromatic heterocycles. The summed E-state index contributed by atoms with van der Waals surface area (Å²) in [5, 5.41) is 7.23. The number of hydrogen-bond donors (Lipinski definition) is 2. The van der Waals surface area contributed by atoms with E-state index in [0.717, 1.165) is 11.3 Å². The Morgan fingerprint density at radius 1 is 1.23 bits per heavy atom. The van der Waals surface area contributed by atoms with Crippen LogP contribution >= 0.6 is 12.2 Å². The van der Waals surface area contributed by atoms with Crippen molar-refractivity contribution in [2.45, 2.75) is 51.5 Å². The van der Waals surface area contributed by atoms with Crippen molar-refractivity contribution >= 4 is 29.0 Å². The van der Waals surface area contributed by atoms with Crippen molar-refractivity contribution in [3.05, 3.63) is 29.3 Å². The Labute approximate surface area is 137 Å². The van der Waals surface area contributed by atoms with Crippen molar-refractivity contribution < 1.29 is 9.53 Å². The van der Waals surface area contributed by atoms with Crippen LogP contribution in [0.4, 0.5) is 5.69 Å². The van der Waals surface area contributed by atoms with Crippen LogP contribution in [0.3, 0.4) is 0 Å². The number of aryl methyl sites for hydroxylation is 1. The predicted octanol–water partition coefficient (Wildman–Crippen LogP) is 3.79. The second kappa shape index (κ2) is 8.13. The average molecular weight is 320 g/mol. The molecule has 1 saturated carbocycles. The van der Waals surface area contributed by atoms with Crippen molar-refractivity contribution in [3.8, 4) is 0 Å². The van der Waals surface area contributed by atoms with Crippen LogP contribution < -0.4 is 10.6 Å². The first-order valence-electron chi connectivity index (χ1n) is 7.86. The molecule has 5 heteroatoms. The van der Waals surface area contributed by atoms with Crippen LogP contribution in [-0.2, 0) is 4.74 Å². The number of carbonyl (C=O) groups excluding carboxylic acids is 1. The zero-order valence-electron chi connectivity index (χ0n) is 13.3. The third kappa shape index (κ3) is 4.70. The SMILES string of the molecule is COC(=O)c1ccc(C)c(NC(=S)NC2CCCCCC2)c1. The Hall–Kier alpha value is -1.62. The van der Waals surface area contributed by atoms with Crippen LogP contribution in [0.25, 0.3) is 0 Å². The van der Waals surface area contributed by atoms with Crippen molar-refractivity contribution in [1.29, 1.82) is 0 Å².